The third kappa shape index (κ3) is 5.65. The second-order valence-electron chi connectivity index (χ2n) is 6.76. The Morgan fingerprint density at radius 3 is 2.47 bits per heavy atom. The van der Waals surface area contributed by atoms with Gasteiger partial charge in [-0.2, -0.15) is 5.26 Å². The second kappa shape index (κ2) is 9.51. The molecule has 0 atom stereocenters. The van der Waals surface area contributed by atoms with Crippen molar-refractivity contribution in [2.45, 2.75) is 42.7 Å². The van der Waals surface area contributed by atoms with E-state index in [1.807, 2.05) is 6.07 Å². The zero-order valence-electron chi connectivity index (χ0n) is 16.0. The first-order chi connectivity index (χ1) is 14.4. The maximum Gasteiger partial charge on any atom is 0.255 e. The van der Waals surface area contributed by atoms with Crippen LogP contribution in [-0.4, -0.2) is 43.0 Å². The van der Waals surface area contributed by atoms with Crippen LogP contribution in [0.2, 0.25) is 0 Å². The summed E-state index contributed by atoms with van der Waals surface area (Å²) in [6, 6.07) is 7.47. The molecule has 0 bridgehead atoms. The number of nitrogens with two attached hydrogens (primary N) is 1. The van der Waals surface area contributed by atoms with Gasteiger partial charge in [-0.3, -0.25) is 4.79 Å². The van der Waals surface area contributed by atoms with Gasteiger partial charge in [0.25, 0.3) is 11.8 Å². The van der Waals surface area contributed by atoms with Gasteiger partial charge in [-0.25, -0.2) is 23.1 Å². The zero-order valence-corrected chi connectivity index (χ0v) is 16.8. The summed E-state index contributed by atoms with van der Waals surface area (Å²) in [4.78, 5) is 18.8. The number of primary amides is 1. The van der Waals surface area contributed by atoms with E-state index >= 15 is 0 Å². The van der Waals surface area contributed by atoms with Gasteiger partial charge in [0.1, 0.15) is 17.9 Å². The van der Waals surface area contributed by atoms with E-state index in [-0.39, 0.29) is 35.2 Å². The van der Waals surface area contributed by atoms with Crippen LogP contribution in [0.4, 0.5) is 0 Å². The molecule has 0 radical (unpaired) electrons. The average molecular weight is 431 g/mol. The number of benzene rings is 1. The number of aromatic nitrogens is 2. The molecule has 1 heterocycles. The number of carbonyl (C=O) groups is 1. The number of nitrogens with zero attached hydrogens (tertiary/aromatic N) is 3. The molecule has 0 spiro atoms. The third-order valence-electron chi connectivity index (χ3n) is 4.56. The van der Waals surface area contributed by atoms with E-state index in [9.17, 15) is 13.2 Å². The molecular formula is C19H21N5O5S. The van der Waals surface area contributed by atoms with Crippen LogP contribution in [0.1, 0.15) is 31.4 Å². The Hall–Kier alpha value is -3.23. The Labute approximate surface area is 174 Å². The first kappa shape index (κ1) is 21.5. The van der Waals surface area contributed by atoms with Crippen molar-refractivity contribution in [2.24, 2.45) is 5.73 Å². The number of hydrogen-bond donors (Lipinski definition) is 2. The average Bonchev–Trinajstić information content (AvgIpc) is 2.74. The maximum absolute atomic E-state index is 12.6. The fraction of sp³-hybridized carbons (Fsp3) is 0.368. The number of sulfonamides is 1. The minimum atomic E-state index is -3.70. The van der Waals surface area contributed by atoms with E-state index in [1.54, 1.807) is 0 Å². The standard InChI is InChI=1S/C19H21N5O5S/c20-11-17-19(23-10-9-22-17)29-15-3-1-13(2-4-15)24-30(26,27)16-7-5-14(6-8-16)28-12-18(21)25/h5-10,13,15,24H,1-4,12H2,(H2,21,25). The molecule has 0 aliphatic heterocycles. The fourth-order valence-electron chi connectivity index (χ4n) is 3.10. The van der Waals surface area contributed by atoms with Crippen molar-refractivity contribution >= 4 is 15.9 Å². The molecule has 1 aromatic heterocycles. The molecule has 158 valence electrons. The smallest absolute Gasteiger partial charge is 0.255 e. The van der Waals surface area contributed by atoms with Crippen molar-refractivity contribution in [1.29, 1.82) is 5.26 Å². The van der Waals surface area contributed by atoms with Crippen molar-refractivity contribution in [3.05, 3.63) is 42.4 Å². The molecule has 30 heavy (non-hydrogen) atoms. The van der Waals surface area contributed by atoms with Crippen molar-refractivity contribution in [3.63, 3.8) is 0 Å². The van der Waals surface area contributed by atoms with E-state index < -0.39 is 15.9 Å². The molecule has 2 aromatic rings. The highest BCUT2D eigenvalue weighted by Crippen LogP contribution is 2.25. The lowest BCUT2D eigenvalue weighted by atomic mass is 9.94. The number of carbonyl (C=O) groups excluding carboxylic acids is 1. The molecule has 1 saturated carbocycles. The second-order valence-corrected chi connectivity index (χ2v) is 8.48. The predicted octanol–water partition coefficient (Wildman–Crippen LogP) is 0.881. The minimum Gasteiger partial charge on any atom is -0.484 e. The van der Waals surface area contributed by atoms with Crippen LogP contribution >= 0.6 is 0 Å². The van der Waals surface area contributed by atoms with Gasteiger partial charge in [-0.05, 0) is 49.9 Å². The van der Waals surface area contributed by atoms with Crippen molar-refractivity contribution in [1.82, 2.24) is 14.7 Å². The quantitative estimate of drug-likeness (QED) is 0.623. The Bertz CT molecular complexity index is 1030. The van der Waals surface area contributed by atoms with Gasteiger partial charge in [0.2, 0.25) is 15.7 Å². The number of nitriles is 1. The molecule has 1 fully saturated rings. The lowest BCUT2D eigenvalue weighted by molar-refractivity contribution is -0.119. The molecule has 1 aliphatic rings. The molecule has 10 nitrogen and oxygen atoms in total. The molecule has 1 amide bonds. The molecule has 11 heteroatoms. The van der Waals surface area contributed by atoms with Crippen molar-refractivity contribution in [3.8, 4) is 17.7 Å². The SMILES string of the molecule is N#Cc1nccnc1OC1CCC(NS(=O)(=O)c2ccc(OCC(N)=O)cc2)CC1. The van der Waals surface area contributed by atoms with Crippen molar-refractivity contribution in [2.75, 3.05) is 6.61 Å². The fourth-order valence-corrected chi connectivity index (χ4v) is 4.41. The van der Waals surface area contributed by atoms with Crippen LogP contribution < -0.4 is 19.9 Å². The number of hydrogen-bond acceptors (Lipinski definition) is 8. The summed E-state index contributed by atoms with van der Waals surface area (Å²) < 4.78 is 38.9. The van der Waals surface area contributed by atoms with Gasteiger partial charge >= 0.3 is 0 Å². The number of rotatable bonds is 8. The first-order valence-electron chi connectivity index (χ1n) is 9.28. The molecule has 3 N–H and O–H groups in total. The van der Waals surface area contributed by atoms with E-state index in [1.165, 1.54) is 36.7 Å². The number of nitrogens with one attached hydrogen (secondary N) is 1. The highest BCUT2D eigenvalue weighted by atomic mass is 32.2. The first-order valence-corrected chi connectivity index (χ1v) is 10.8. The largest absolute Gasteiger partial charge is 0.484 e. The van der Waals surface area contributed by atoms with E-state index in [2.05, 4.69) is 14.7 Å². The molecule has 0 unspecified atom stereocenters. The van der Waals surface area contributed by atoms with E-state index in [0.717, 1.165) is 0 Å². The predicted molar refractivity (Wildman–Crippen MR) is 105 cm³/mol. The molecular weight excluding hydrogens is 410 g/mol. The van der Waals surface area contributed by atoms with Crippen molar-refractivity contribution < 1.29 is 22.7 Å². The van der Waals surface area contributed by atoms with Crippen LogP contribution in [0.5, 0.6) is 11.6 Å². The number of amides is 1. The highest BCUT2D eigenvalue weighted by molar-refractivity contribution is 7.89. The normalized spacial score (nSPS) is 18.9. The topological polar surface area (TPSA) is 157 Å². The molecule has 0 saturated heterocycles. The van der Waals surface area contributed by atoms with E-state index in [4.69, 9.17) is 20.5 Å². The Morgan fingerprint density at radius 1 is 1.17 bits per heavy atom. The summed E-state index contributed by atoms with van der Waals surface area (Å²) in [6.45, 7) is -0.278. The highest BCUT2D eigenvalue weighted by Gasteiger charge is 2.27. The monoisotopic (exact) mass is 431 g/mol. The van der Waals surface area contributed by atoms with Gasteiger partial charge in [-0.15, -0.1) is 0 Å². The summed E-state index contributed by atoms with van der Waals surface area (Å²) >= 11 is 0. The molecule has 1 aliphatic carbocycles. The van der Waals surface area contributed by atoms with Crippen LogP contribution in [0, 0.1) is 11.3 Å². The Kier molecular flexibility index (Phi) is 6.81. The third-order valence-corrected chi connectivity index (χ3v) is 6.10. The van der Waals surface area contributed by atoms with Gasteiger partial charge in [0.15, 0.2) is 6.61 Å². The summed E-state index contributed by atoms with van der Waals surface area (Å²) in [5.74, 6) is -0.0649. The summed E-state index contributed by atoms with van der Waals surface area (Å²) in [5.41, 5.74) is 5.14. The van der Waals surface area contributed by atoms with Crippen LogP contribution in [0.25, 0.3) is 0 Å². The van der Waals surface area contributed by atoms with Crippen LogP contribution in [0.3, 0.4) is 0 Å². The van der Waals surface area contributed by atoms with Gasteiger partial charge in [0, 0.05) is 18.4 Å². The number of ether oxygens (including phenoxy) is 2. The van der Waals surface area contributed by atoms with Gasteiger partial charge < -0.3 is 15.2 Å². The Morgan fingerprint density at radius 2 is 1.83 bits per heavy atom. The van der Waals surface area contributed by atoms with Crippen LogP contribution in [0.15, 0.2) is 41.6 Å². The summed E-state index contributed by atoms with van der Waals surface area (Å²) in [7, 11) is -3.70. The summed E-state index contributed by atoms with van der Waals surface area (Å²) in [5, 5.41) is 9.06. The lowest BCUT2D eigenvalue weighted by Crippen LogP contribution is -2.39. The molecule has 1 aromatic carbocycles. The van der Waals surface area contributed by atoms with E-state index in [0.29, 0.717) is 31.4 Å². The van der Waals surface area contributed by atoms with Gasteiger partial charge in [0.05, 0.1) is 4.90 Å². The maximum atomic E-state index is 12.6. The zero-order chi connectivity index (χ0) is 21.6. The minimum absolute atomic E-state index is 0.102. The molecule has 3 rings (SSSR count). The Balaban J connectivity index is 1.53. The summed E-state index contributed by atoms with van der Waals surface area (Å²) in [6.07, 6.45) is 5.14. The van der Waals surface area contributed by atoms with Gasteiger partial charge in [-0.1, -0.05) is 0 Å². The lowest BCUT2D eigenvalue weighted by Gasteiger charge is -2.29. The van der Waals surface area contributed by atoms with Crippen LogP contribution in [-0.2, 0) is 14.8 Å².